The highest BCUT2D eigenvalue weighted by Gasteiger charge is 1.83. The highest BCUT2D eigenvalue weighted by Crippen LogP contribution is 1.92. The van der Waals surface area contributed by atoms with Crippen LogP contribution in [0.15, 0.2) is 5.18 Å². The lowest BCUT2D eigenvalue weighted by atomic mass is 10.2. The van der Waals surface area contributed by atoms with Crippen LogP contribution in [0.5, 0.6) is 0 Å². The smallest absolute Gasteiger partial charge is 0.0811 e. The van der Waals surface area contributed by atoms with Crippen molar-refractivity contribution >= 4 is 0 Å². The molecule has 0 N–H and O–H groups in total. The molecular formula is C5H8N2O. The molecule has 0 spiro atoms. The maximum Gasteiger partial charge on any atom is 0.0811 e. The van der Waals surface area contributed by atoms with Gasteiger partial charge in [0.2, 0.25) is 0 Å². The summed E-state index contributed by atoms with van der Waals surface area (Å²) in [7, 11) is 0. The van der Waals surface area contributed by atoms with Gasteiger partial charge in [0.15, 0.2) is 0 Å². The second-order valence-corrected chi connectivity index (χ2v) is 1.47. The quantitative estimate of drug-likeness (QED) is 0.408. The van der Waals surface area contributed by atoms with Gasteiger partial charge in [-0.05, 0) is 12.8 Å². The first-order chi connectivity index (χ1) is 3.91. The van der Waals surface area contributed by atoms with E-state index in [0.717, 1.165) is 12.8 Å². The largest absolute Gasteiger partial charge is 0.198 e. The van der Waals surface area contributed by atoms with Crippen molar-refractivity contribution in [1.82, 2.24) is 0 Å². The first kappa shape index (κ1) is 7.09. The summed E-state index contributed by atoms with van der Waals surface area (Å²) in [6, 6.07) is 1.98. The molecular weight excluding hydrogens is 104 g/mol. The molecule has 0 aromatic carbocycles. The van der Waals surface area contributed by atoms with Crippen LogP contribution in [0.4, 0.5) is 0 Å². The van der Waals surface area contributed by atoms with E-state index in [1.54, 1.807) is 0 Å². The molecule has 0 radical (unpaired) electrons. The Kier molecular flexibility index (Phi) is 5.40. The molecule has 0 aromatic heterocycles. The summed E-state index contributed by atoms with van der Waals surface area (Å²) in [5.41, 5.74) is 0. The van der Waals surface area contributed by atoms with E-state index in [9.17, 15) is 4.91 Å². The highest BCUT2D eigenvalue weighted by atomic mass is 16.3. The fourth-order valence-electron chi connectivity index (χ4n) is 0.380. The maximum atomic E-state index is 9.44. The Morgan fingerprint density at radius 3 is 2.75 bits per heavy atom. The van der Waals surface area contributed by atoms with Gasteiger partial charge in [0, 0.05) is 6.42 Å². The van der Waals surface area contributed by atoms with E-state index < -0.39 is 0 Å². The van der Waals surface area contributed by atoms with E-state index >= 15 is 0 Å². The fourth-order valence-corrected chi connectivity index (χ4v) is 0.380. The number of nitroso groups, excluding NO2 is 1. The molecule has 0 heterocycles. The van der Waals surface area contributed by atoms with Crippen molar-refractivity contribution in [2.45, 2.75) is 19.3 Å². The average molecular weight is 112 g/mol. The van der Waals surface area contributed by atoms with Crippen molar-refractivity contribution in [3.05, 3.63) is 4.91 Å². The van der Waals surface area contributed by atoms with Crippen molar-refractivity contribution in [3.63, 3.8) is 0 Å². The summed E-state index contributed by atoms with van der Waals surface area (Å²) < 4.78 is 0. The van der Waals surface area contributed by atoms with Crippen LogP contribution in [0.2, 0.25) is 0 Å². The first-order valence-corrected chi connectivity index (χ1v) is 2.58. The minimum atomic E-state index is 0.349. The average Bonchev–Trinajstić information content (AvgIpc) is 1.81. The van der Waals surface area contributed by atoms with Gasteiger partial charge in [-0.2, -0.15) is 10.2 Å². The number of hydrogen-bond acceptors (Lipinski definition) is 3. The molecule has 8 heavy (non-hydrogen) atoms. The molecule has 0 aromatic rings. The number of hydrogen-bond donors (Lipinski definition) is 0. The molecule has 3 heteroatoms. The summed E-state index contributed by atoms with van der Waals surface area (Å²) in [6.07, 6.45) is 2.08. The van der Waals surface area contributed by atoms with Crippen LogP contribution in [0, 0.1) is 16.2 Å². The molecule has 0 amide bonds. The Bertz CT molecular complexity index is 95.1. The van der Waals surface area contributed by atoms with E-state index in [4.69, 9.17) is 5.26 Å². The Hall–Kier alpha value is -0.910. The molecule has 44 valence electrons. The van der Waals surface area contributed by atoms with Crippen LogP contribution in [0.3, 0.4) is 0 Å². The van der Waals surface area contributed by atoms with Gasteiger partial charge in [-0.25, -0.2) is 0 Å². The Labute approximate surface area is 48.3 Å². The highest BCUT2D eigenvalue weighted by molar-refractivity contribution is 4.67. The van der Waals surface area contributed by atoms with Crippen molar-refractivity contribution in [2.75, 3.05) is 6.54 Å². The van der Waals surface area contributed by atoms with Gasteiger partial charge in [-0.3, -0.25) is 0 Å². The van der Waals surface area contributed by atoms with Crippen LogP contribution >= 0.6 is 0 Å². The Balaban J connectivity index is 2.74. The van der Waals surface area contributed by atoms with Crippen LogP contribution in [-0.2, 0) is 0 Å². The van der Waals surface area contributed by atoms with E-state index in [0.29, 0.717) is 13.0 Å². The predicted octanol–water partition coefficient (Wildman–Crippen LogP) is 1.45. The number of nitrogens with zero attached hydrogens (tertiary/aromatic N) is 2. The zero-order valence-electron chi connectivity index (χ0n) is 4.63. The van der Waals surface area contributed by atoms with Crippen molar-refractivity contribution < 1.29 is 0 Å². The molecule has 0 atom stereocenters. The van der Waals surface area contributed by atoms with Gasteiger partial charge >= 0.3 is 0 Å². The molecule has 0 aliphatic heterocycles. The zero-order valence-corrected chi connectivity index (χ0v) is 4.63. The van der Waals surface area contributed by atoms with Gasteiger partial charge in [-0.1, -0.05) is 5.18 Å². The fraction of sp³-hybridized carbons (Fsp3) is 0.800. The lowest BCUT2D eigenvalue weighted by Gasteiger charge is -1.83. The Morgan fingerprint density at radius 1 is 1.50 bits per heavy atom. The second-order valence-electron chi connectivity index (χ2n) is 1.47. The summed E-state index contributed by atoms with van der Waals surface area (Å²) in [4.78, 5) is 9.44. The van der Waals surface area contributed by atoms with E-state index in [1.165, 1.54) is 0 Å². The predicted molar refractivity (Wildman–Crippen MR) is 30.1 cm³/mol. The third-order valence-corrected chi connectivity index (χ3v) is 0.788. The van der Waals surface area contributed by atoms with Crippen molar-refractivity contribution in [1.29, 1.82) is 5.26 Å². The number of nitriles is 1. The summed E-state index contributed by atoms with van der Waals surface area (Å²) in [5.74, 6) is 0. The molecule has 0 bridgehead atoms. The van der Waals surface area contributed by atoms with Crippen LogP contribution < -0.4 is 0 Å². The maximum absolute atomic E-state index is 9.44. The van der Waals surface area contributed by atoms with E-state index in [2.05, 4.69) is 5.18 Å². The second kappa shape index (κ2) is 6.09. The molecule has 0 saturated heterocycles. The minimum absolute atomic E-state index is 0.349. The van der Waals surface area contributed by atoms with Crippen LogP contribution in [0.1, 0.15) is 19.3 Å². The third kappa shape index (κ3) is 5.09. The number of unbranched alkanes of at least 4 members (excludes halogenated alkanes) is 2. The lowest BCUT2D eigenvalue weighted by Crippen LogP contribution is -1.77. The standard InChI is InChI=1S/C5H8N2O/c6-4-2-1-3-5-7-8/h1-3,5H2. The molecule has 0 aliphatic rings. The van der Waals surface area contributed by atoms with Gasteiger partial charge in [0.1, 0.15) is 0 Å². The molecule has 0 rings (SSSR count). The van der Waals surface area contributed by atoms with Crippen LogP contribution in [0.25, 0.3) is 0 Å². The molecule has 0 fully saturated rings. The summed E-state index contributed by atoms with van der Waals surface area (Å²) in [5, 5.41) is 10.7. The number of rotatable bonds is 4. The summed E-state index contributed by atoms with van der Waals surface area (Å²) >= 11 is 0. The normalized spacial score (nSPS) is 7.88. The Morgan fingerprint density at radius 2 is 2.25 bits per heavy atom. The first-order valence-electron chi connectivity index (χ1n) is 2.58. The SMILES string of the molecule is N#CCCCCN=O. The lowest BCUT2D eigenvalue weighted by molar-refractivity contribution is 0.762. The molecule has 3 nitrogen and oxygen atoms in total. The van der Waals surface area contributed by atoms with E-state index in [-0.39, 0.29) is 0 Å². The summed E-state index contributed by atoms with van der Waals surface area (Å²) in [6.45, 7) is 0.349. The van der Waals surface area contributed by atoms with E-state index in [1.807, 2.05) is 6.07 Å². The zero-order chi connectivity index (χ0) is 6.24. The van der Waals surface area contributed by atoms with Crippen molar-refractivity contribution in [2.24, 2.45) is 5.18 Å². The van der Waals surface area contributed by atoms with Gasteiger partial charge < -0.3 is 0 Å². The van der Waals surface area contributed by atoms with Gasteiger partial charge in [-0.15, -0.1) is 0 Å². The van der Waals surface area contributed by atoms with Gasteiger partial charge in [0.25, 0.3) is 0 Å². The van der Waals surface area contributed by atoms with Crippen molar-refractivity contribution in [3.8, 4) is 6.07 Å². The van der Waals surface area contributed by atoms with Crippen LogP contribution in [-0.4, -0.2) is 6.54 Å². The third-order valence-electron chi connectivity index (χ3n) is 0.788. The topological polar surface area (TPSA) is 53.2 Å². The minimum Gasteiger partial charge on any atom is -0.198 e. The molecule has 0 unspecified atom stereocenters. The monoisotopic (exact) mass is 112 g/mol. The van der Waals surface area contributed by atoms with Gasteiger partial charge in [0.05, 0.1) is 12.6 Å². The molecule has 0 aliphatic carbocycles. The molecule has 0 saturated carbocycles.